The van der Waals surface area contributed by atoms with Crippen molar-refractivity contribution in [2.45, 2.75) is 19.5 Å². The zero-order chi connectivity index (χ0) is 17.4. The minimum absolute atomic E-state index is 0.231. The molecule has 0 fully saturated rings. The van der Waals surface area contributed by atoms with Crippen molar-refractivity contribution in [1.29, 1.82) is 10.5 Å². The van der Waals surface area contributed by atoms with E-state index in [1.165, 1.54) is 0 Å². The third-order valence-electron chi connectivity index (χ3n) is 3.36. The zero-order valence-corrected chi connectivity index (χ0v) is 14.1. The van der Waals surface area contributed by atoms with Gasteiger partial charge in [-0.1, -0.05) is 12.1 Å². The number of aromatic nitrogens is 2. The molecule has 0 N–H and O–H groups in total. The normalized spacial score (nSPS) is 10.3. The Kier molecular flexibility index (Phi) is 6.50. The molecule has 8 heteroatoms. The molecule has 0 amide bonds. The van der Waals surface area contributed by atoms with Crippen LogP contribution in [-0.4, -0.2) is 34.9 Å². The van der Waals surface area contributed by atoms with Gasteiger partial charge in [0.25, 0.3) is 10.7 Å². The van der Waals surface area contributed by atoms with Gasteiger partial charge in [0.15, 0.2) is 0 Å². The molecule has 0 saturated heterocycles. The Hall–Kier alpha value is -2.68. The molecule has 1 heterocycles. The van der Waals surface area contributed by atoms with Crippen LogP contribution < -0.4 is 4.74 Å². The Morgan fingerprint density at radius 3 is 2.54 bits per heavy atom. The SMILES string of the molecule is COc1ccccc1-c1nn(CN(CCC#N)CCC#N)c(=S)o1. The summed E-state index contributed by atoms with van der Waals surface area (Å²) in [6.45, 7) is 1.44. The molecule has 0 saturated carbocycles. The predicted molar refractivity (Wildman–Crippen MR) is 89.3 cm³/mol. The van der Waals surface area contributed by atoms with Crippen LogP contribution in [0.15, 0.2) is 28.7 Å². The Morgan fingerprint density at radius 1 is 1.25 bits per heavy atom. The summed E-state index contributed by atoms with van der Waals surface area (Å²) in [4.78, 5) is 2.17. The van der Waals surface area contributed by atoms with Gasteiger partial charge in [-0.15, -0.1) is 5.10 Å². The molecule has 2 rings (SSSR count). The lowest BCUT2D eigenvalue weighted by atomic mass is 10.2. The molecule has 24 heavy (non-hydrogen) atoms. The summed E-state index contributed by atoms with van der Waals surface area (Å²) in [5.74, 6) is 1.02. The number of benzene rings is 1. The van der Waals surface area contributed by atoms with Gasteiger partial charge < -0.3 is 9.15 Å². The molecule has 0 atom stereocenters. The van der Waals surface area contributed by atoms with Crippen LogP contribution in [0.4, 0.5) is 0 Å². The number of nitrogens with zero attached hydrogens (tertiary/aromatic N) is 5. The van der Waals surface area contributed by atoms with Crippen LogP contribution in [0.1, 0.15) is 12.8 Å². The number of hydrogen-bond acceptors (Lipinski definition) is 7. The minimum atomic E-state index is 0.231. The van der Waals surface area contributed by atoms with Gasteiger partial charge in [0.2, 0.25) is 0 Å². The molecule has 0 aliphatic rings. The molecule has 7 nitrogen and oxygen atoms in total. The number of methoxy groups -OCH3 is 1. The Bertz CT molecular complexity index is 797. The monoisotopic (exact) mass is 343 g/mol. The highest BCUT2D eigenvalue weighted by molar-refractivity contribution is 7.71. The molecule has 1 aromatic heterocycles. The molecular formula is C16H17N5O2S. The van der Waals surface area contributed by atoms with E-state index in [0.29, 0.717) is 49.8 Å². The summed E-state index contributed by atoms with van der Waals surface area (Å²) in [7, 11) is 1.58. The van der Waals surface area contributed by atoms with Gasteiger partial charge in [0, 0.05) is 25.9 Å². The van der Waals surface area contributed by atoms with Crippen molar-refractivity contribution >= 4 is 12.2 Å². The molecule has 1 aromatic carbocycles. The van der Waals surface area contributed by atoms with Crippen LogP contribution in [0.5, 0.6) is 5.75 Å². The second-order valence-corrected chi connectivity index (χ2v) is 5.30. The molecule has 0 aliphatic carbocycles. The number of para-hydroxylation sites is 1. The topological polar surface area (TPSA) is 91.0 Å². The third-order valence-corrected chi connectivity index (χ3v) is 3.65. The van der Waals surface area contributed by atoms with Crippen LogP contribution in [0, 0.1) is 27.5 Å². The fraction of sp³-hybridized carbons (Fsp3) is 0.375. The molecule has 0 radical (unpaired) electrons. The van der Waals surface area contributed by atoms with E-state index in [0.717, 1.165) is 0 Å². The van der Waals surface area contributed by atoms with Crippen LogP contribution in [0.25, 0.3) is 11.5 Å². The fourth-order valence-electron chi connectivity index (χ4n) is 2.18. The molecular weight excluding hydrogens is 326 g/mol. The number of hydrogen-bond donors (Lipinski definition) is 0. The summed E-state index contributed by atoms with van der Waals surface area (Å²) in [5.41, 5.74) is 0.713. The van der Waals surface area contributed by atoms with E-state index in [2.05, 4.69) is 17.2 Å². The van der Waals surface area contributed by atoms with Gasteiger partial charge in [-0.3, -0.25) is 4.90 Å². The Labute approximate surface area is 145 Å². The second kappa shape index (κ2) is 8.82. The molecule has 0 unspecified atom stereocenters. The Morgan fingerprint density at radius 2 is 1.92 bits per heavy atom. The van der Waals surface area contributed by atoms with E-state index in [1.54, 1.807) is 11.8 Å². The Balaban J connectivity index is 2.23. The zero-order valence-electron chi connectivity index (χ0n) is 13.3. The van der Waals surface area contributed by atoms with Crippen LogP contribution in [0.3, 0.4) is 0 Å². The van der Waals surface area contributed by atoms with E-state index in [9.17, 15) is 0 Å². The van der Waals surface area contributed by atoms with Gasteiger partial charge in [-0.05, 0) is 24.4 Å². The summed E-state index contributed by atoms with van der Waals surface area (Å²) in [6, 6.07) is 11.6. The smallest absolute Gasteiger partial charge is 0.288 e. The molecule has 0 aliphatic heterocycles. The molecule has 0 bridgehead atoms. The number of nitriles is 2. The molecule has 124 valence electrons. The average molecular weight is 343 g/mol. The van der Waals surface area contributed by atoms with Gasteiger partial charge >= 0.3 is 0 Å². The highest BCUT2D eigenvalue weighted by Gasteiger charge is 2.14. The first-order chi connectivity index (χ1) is 11.7. The van der Waals surface area contributed by atoms with Crippen LogP contribution >= 0.6 is 12.2 Å². The van der Waals surface area contributed by atoms with Crippen LogP contribution in [0.2, 0.25) is 0 Å². The largest absolute Gasteiger partial charge is 0.496 e. The van der Waals surface area contributed by atoms with E-state index >= 15 is 0 Å². The number of rotatable bonds is 8. The maximum Gasteiger partial charge on any atom is 0.288 e. The lowest BCUT2D eigenvalue weighted by Crippen LogP contribution is -2.29. The summed E-state index contributed by atoms with van der Waals surface area (Å²) >= 11 is 5.23. The van der Waals surface area contributed by atoms with Crippen molar-refractivity contribution in [3.05, 3.63) is 29.1 Å². The van der Waals surface area contributed by atoms with Gasteiger partial charge in [-0.25, -0.2) is 4.68 Å². The van der Waals surface area contributed by atoms with Crippen molar-refractivity contribution in [1.82, 2.24) is 14.7 Å². The maximum absolute atomic E-state index is 8.75. The first-order valence-electron chi connectivity index (χ1n) is 7.37. The van der Waals surface area contributed by atoms with Crippen molar-refractivity contribution in [3.8, 4) is 29.3 Å². The highest BCUT2D eigenvalue weighted by Crippen LogP contribution is 2.28. The van der Waals surface area contributed by atoms with E-state index in [4.69, 9.17) is 31.9 Å². The van der Waals surface area contributed by atoms with E-state index in [1.807, 2.05) is 29.2 Å². The van der Waals surface area contributed by atoms with E-state index in [-0.39, 0.29) is 4.84 Å². The van der Waals surface area contributed by atoms with Crippen molar-refractivity contribution < 1.29 is 9.15 Å². The molecule has 2 aromatic rings. The quantitative estimate of drug-likeness (QED) is 0.680. The minimum Gasteiger partial charge on any atom is -0.496 e. The second-order valence-electron chi connectivity index (χ2n) is 4.95. The van der Waals surface area contributed by atoms with Crippen molar-refractivity contribution in [3.63, 3.8) is 0 Å². The van der Waals surface area contributed by atoms with E-state index < -0.39 is 0 Å². The fourth-order valence-corrected chi connectivity index (χ4v) is 2.36. The average Bonchev–Trinajstić information content (AvgIpc) is 2.97. The number of ether oxygens (including phenoxy) is 1. The van der Waals surface area contributed by atoms with Crippen molar-refractivity contribution in [2.75, 3.05) is 20.2 Å². The molecule has 0 spiro atoms. The highest BCUT2D eigenvalue weighted by atomic mass is 32.1. The lowest BCUT2D eigenvalue weighted by Gasteiger charge is -2.18. The van der Waals surface area contributed by atoms with Gasteiger partial charge in [-0.2, -0.15) is 10.5 Å². The third kappa shape index (κ3) is 4.42. The lowest BCUT2D eigenvalue weighted by molar-refractivity contribution is 0.211. The van der Waals surface area contributed by atoms with Gasteiger partial charge in [0.1, 0.15) is 5.75 Å². The maximum atomic E-state index is 8.75. The first kappa shape index (κ1) is 17.7. The summed E-state index contributed by atoms with van der Waals surface area (Å²) in [6.07, 6.45) is 0.742. The standard InChI is InChI=1S/C16H17N5O2S/c1-22-14-7-3-2-6-13(14)15-19-21(16(24)23-15)12-20(10-4-8-17)11-5-9-18/h2-3,6-7H,4-5,10-12H2,1H3. The summed E-state index contributed by atoms with van der Waals surface area (Å²) in [5, 5.41) is 21.9. The predicted octanol–water partition coefficient (Wildman–Crippen LogP) is 2.97. The summed E-state index contributed by atoms with van der Waals surface area (Å²) < 4.78 is 12.4. The first-order valence-corrected chi connectivity index (χ1v) is 7.78. The van der Waals surface area contributed by atoms with Crippen molar-refractivity contribution in [2.24, 2.45) is 0 Å². The van der Waals surface area contributed by atoms with Crippen LogP contribution in [-0.2, 0) is 6.67 Å². The van der Waals surface area contributed by atoms with Gasteiger partial charge in [0.05, 0.1) is 31.5 Å².